The maximum absolute atomic E-state index is 12.4. The molecule has 1 aliphatic carbocycles. The maximum Gasteiger partial charge on any atom is 0.228 e. The van der Waals surface area contributed by atoms with Crippen molar-refractivity contribution in [1.82, 2.24) is 15.5 Å². The molecule has 0 saturated carbocycles. The van der Waals surface area contributed by atoms with Crippen molar-refractivity contribution in [2.24, 2.45) is 0 Å². The molecular formula is C16H19N3O2. The molecule has 21 heavy (non-hydrogen) atoms. The number of amides is 1. The van der Waals surface area contributed by atoms with Gasteiger partial charge in [-0.25, -0.2) is 0 Å². The number of benzene rings is 1. The van der Waals surface area contributed by atoms with Gasteiger partial charge in [0.2, 0.25) is 11.8 Å². The first-order chi connectivity index (χ1) is 10.2. The molecule has 1 unspecified atom stereocenters. The molecule has 0 saturated heterocycles. The third kappa shape index (κ3) is 3.12. The average Bonchev–Trinajstić information content (AvgIpc) is 2.92. The summed E-state index contributed by atoms with van der Waals surface area (Å²) in [5, 5.41) is 6.72. The topological polar surface area (TPSA) is 68.0 Å². The van der Waals surface area contributed by atoms with Crippen molar-refractivity contribution in [3.8, 4) is 0 Å². The summed E-state index contributed by atoms with van der Waals surface area (Å²) >= 11 is 0. The van der Waals surface area contributed by atoms with Gasteiger partial charge in [-0.1, -0.05) is 29.4 Å². The minimum atomic E-state index is -0.0284. The zero-order chi connectivity index (χ0) is 14.7. The molecule has 0 bridgehead atoms. The quantitative estimate of drug-likeness (QED) is 0.934. The van der Waals surface area contributed by atoms with Crippen LogP contribution >= 0.6 is 0 Å². The Morgan fingerprint density at radius 1 is 1.43 bits per heavy atom. The molecule has 1 aromatic carbocycles. The van der Waals surface area contributed by atoms with Crippen LogP contribution in [0.1, 0.15) is 41.6 Å². The van der Waals surface area contributed by atoms with Gasteiger partial charge in [-0.3, -0.25) is 4.79 Å². The van der Waals surface area contributed by atoms with Gasteiger partial charge in [-0.15, -0.1) is 0 Å². The fourth-order valence-electron chi connectivity index (χ4n) is 2.88. The fraction of sp³-hybridized carbons (Fsp3) is 0.438. The van der Waals surface area contributed by atoms with Crippen molar-refractivity contribution in [3.05, 3.63) is 47.1 Å². The molecule has 0 spiro atoms. The van der Waals surface area contributed by atoms with Gasteiger partial charge >= 0.3 is 0 Å². The maximum atomic E-state index is 12.4. The number of hydrogen-bond acceptors (Lipinski definition) is 4. The first kappa shape index (κ1) is 13.8. The standard InChI is InChI=1S/C16H19N3O2/c1-11-18-15(21-19-11)9-10-17-16(20)14-8-4-6-12-5-2-3-7-13(12)14/h2-3,5,7,14H,4,6,8-10H2,1H3,(H,17,20). The Balaban J connectivity index is 1.59. The predicted molar refractivity (Wildman–Crippen MR) is 77.9 cm³/mol. The fourth-order valence-corrected chi connectivity index (χ4v) is 2.88. The molecule has 5 heteroatoms. The Morgan fingerprint density at radius 2 is 2.29 bits per heavy atom. The van der Waals surface area contributed by atoms with Crippen LogP contribution in [0.3, 0.4) is 0 Å². The van der Waals surface area contributed by atoms with E-state index in [1.807, 2.05) is 12.1 Å². The summed E-state index contributed by atoms with van der Waals surface area (Å²) < 4.78 is 5.04. The van der Waals surface area contributed by atoms with Crippen molar-refractivity contribution < 1.29 is 9.32 Å². The van der Waals surface area contributed by atoms with Gasteiger partial charge in [-0.2, -0.15) is 4.98 Å². The Bertz CT molecular complexity index is 636. The Kier molecular flexibility index (Phi) is 3.99. The molecule has 3 rings (SSSR count). The van der Waals surface area contributed by atoms with E-state index in [4.69, 9.17) is 4.52 Å². The monoisotopic (exact) mass is 285 g/mol. The van der Waals surface area contributed by atoms with E-state index >= 15 is 0 Å². The highest BCUT2D eigenvalue weighted by atomic mass is 16.5. The normalized spacial score (nSPS) is 17.3. The number of carbonyl (C=O) groups excluding carboxylic acids is 1. The number of hydrogen-bond donors (Lipinski definition) is 1. The number of fused-ring (bicyclic) bond motifs is 1. The van der Waals surface area contributed by atoms with Gasteiger partial charge in [0, 0.05) is 13.0 Å². The van der Waals surface area contributed by atoms with Crippen LogP contribution in [0.15, 0.2) is 28.8 Å². The Labute approximate surface area is 123 Å². The molecular weight excluding hydrogens is 266 g/mol. The number of aryl methyl sites for hydroxylation is 2. The van der Waals surface area contributed by atoms with E-state index in [1.165, 1.54) is 11.1 Å². The second kappa shape index (κ2) is 6.08. The molecule has 1 N–H and O–H groups in total. The van der Waals surface area contributed by atoms with Gasteiger partial charge in [-0.05, 0) is 37.3 Å². The van der Waals surface area contributed by atoms with E-state index in [0.717, 1.165) is 19.3 Å². The molecule has 1 atom stereocenters. The summed E-state index contributed by atoms with van der Waals surface area (Å²) in [7, 11) is 0. The highest BCUT2D eigenvalue weighted by molar-refractivity contribution is 5.84. The van der Waals surface area contributed by atoms with Crippen molar-refractivity contribution in [2.45, 2.75) is 38.5 Å². The summed E-state index contributed by atoms with van der Waals surface area (Å²) in [5.41, 5.74) is 2.48. The van der Waals surface area contributed by atoms with Crippen LogP contribution in [0.25, 0.3) is 0 Å². The smallest absolute Gasteiger partial charge is 0.228 e. The van der Waals surface area contributed by atoms with Crippen LogP contribution in [-0.4, -0.2) is 22.6 Å². The predicted octanol–water partition coefficient (Wildman–Crippen LogP) is 2.16. The van der Waals surface area contributed by atoms with Gasteiger partial charge in [0.05, 0.1) is 5.92 Å². The van der Waals surface area contributed by atoms with Crippen LogP contribution in [0.4, 0.5) is 0 Å². The summed E-state index contributed by atoms with van der Waals surface area (Å²) in [6, 6.07) is 8.23. The number of nitrogens with zero attached hydrogens (tertiary/aromatic N) is 2. The van der Waals surface area contributed by atoms with Crippen molar-refractivity contribution in [3.63, 3.8) is 0 Å². The van der Waals surface area contributed by atoms with E-state index < -0.39 is 0 Å². The summed E-state index contributed by atoms with van der Waals surface area (Å²) in [6.07, 6.45) is 3.63. The first-order valence-corrected chi connectivity index (χ1v) is 7.39. The number of aromatic nitrogens is 2. The lowest BCUT2D eigenvalue weighted by Gasteiger charge is -2.24. The molecule has 0 aliphatic heterocycles. The molecule has 1 heterocycles. The second-order valence-electron chi connectivity index (χ2n) is 5.42. The minimum Gasteiger partial charge on any atom is -0.355 e. The van der Waals surface area contributed by atoms with Crippen LogP contribution in [0.5, 0.6) is 0 Å². The second-order valence-corrected chi connectivity index (χ2v) is 5.42. The number of nitrogens with one attached hydrogen (secondary N) is 1. The minimum absolute atomic E-state index is 0.0284. The summed E-state index contributed by atoms with van der Waals surface area (Å²) in [5.74, 6) is 1.26. The average molecular weight is 285 g/mol. The van der Waals surface area contributed by atoms with E-state index in [-0.39, 0.29) is 11.8 Å². The van der Waals surface area contributed by atoms with Gasteiger partial charge in [0.15, 0.2) is 5.82 Å². The zero-order valence-corrected chi connectivity index (χ0v) is 12.1. The van der Waals surface area contributed by atoms with Crippen molar-refractivity contribution in [1.29, 1.82) is 0 Å². The molecule has 1 amide bonds. The SMILES string of the molecule is Cc1noc(CCNC(=O)C2CCCc3ccccc32)n1. The van der Waals surface area contributed by atoms with Gasteiger partial charge in [0.25, 0.3) is 0 Å². The third-order valence-corrected chi connectivity index (χ3v) is 3.89. The van der Waals surface area contributed by atoms with Crippen LogP contribution < -0.4 is 5.32 Å². The van der Waals surface area contributed by atoms with Crippen LogP contribution in [0, 0.1) is 6.92 Å². The summed E-state index contributed by atoms with van der Waals surface area (Å²) in [4.78, 5) is 16.5. The zero-order valence-electron chi connectivity index (χ0n) is 12.1. The van der Waals surface area contributed by atoms with Crippen molar-refractivity contribution in [2.75, 3.05) is 6.54 Å². The van der Waals surface area contributed by atoms with E-state index in [1.54, 1.807) is 6.92 Å². The Hall–Kier alpha value is -2.17. The lowest BCUT2D eigenvalue weighted by Crippen LogP contribution is -2.32. The molecule has 0 fully saturated rings. The van der Waals surface area contributed by atoms with Crippen LogP contribution in [-0.2, 0) is 17.6 Å². The molecule has 110 valence electrons. The number of rotatable bonds is 4. The highest BCUT2D eigenvalue weighted by Gasteiger charge is 2.25. The lowest BCUT2D eigenvalue weighted by atomic mass is 9.82. The largest absolute Gasteiger partial charge is 0.355 e. The Morgan fingerprint density at radius 3 is 3.10 bits per heavy atom. The highest BCUT2D eigenvalue weighted by Crippen LogP contribution is 2.31. The van der Waals surface area contributed by atoms with Crippen molar-refractivity contribution >= 4 is 5.91 Å². The molecule has 1 aromatic heterocycles. The number of carbonyl (C=O) groups is 1. The first-order valence-electron chi connectivity index (χ1n) is 7.39. The third-order valence-electron chi connectivity index (χ3n) is 3.89. The molecule has 2 aromatic rings. The van der Waals surface area contributed by atoms with E-state index in [2.05, 4.69) is 27.6 Å². The summed E-state index contributed by atoms with van der Waals surface area (Å²) in [6.45, 7) is 2.31. The molecule has 0 radical (unpaired) electrons. The van der Waals surface area contributed by atoms with E-state index in [9.17, 15) is 4.79 Å². The van der Waals surface area contributed by atoms with E-state index in [0.29, 0.717) is 24.7 Å². The van der Waals surface area contributed by atoms with Gasteiger partial charge in [0.1, 0.15) is 0 Å². The molecule has 5 nitrogen and oxygen atoms in total. The molecule has 1 aliphatic rings. The van der Waals surface area contributed by atoms with Crippen LogP contribution in [0.2, 0.25) is 0 Å². The lowest BCUT2D eigenvalue weighted by molar-refractivity contribution is -0.122. The van der Waals surface area contributed by atoms with Gasteiger partial charge < -0.3 is 9.84 Å².